The standard InChI is InChI=1S/C22H27ClN6O2S.C11H16ClN3O2S/c1-14(2)19(13-30)25-21-20-18(5-10-32(20)31)26-22(27-21)29-8-6-28(7-9-29)16-3-4-17(23)15(11-16)12-24;1-6(2)8(5-16)13-10-9-7(3-4-18(9)17)14-11(12)15-10/h3-4,11,14,19,30H,5-10,13H2,1-2H3,(H,25,26,27);6,8,16H,3-5H2,1-2H3,(H,13,14,15). The monoisotopic (exact) mass is 763 g/mol. The number of fused-ring (bicyclic) bond motifs is 2. The first-order valence-electron chi connectivity index (χ1n) is 16.6. The van der Waals surface area contributed by atoms with Crippen LogP contribution in [0.15, 0.2) is 28.0 Å². The minimum atomic E-state index is -1.12. The quantitative estimate of drug-likeness (QED) is 0.220. The lowest BCUT2D eigenvalue weighted by Gasteiger charge is -2.36. The average molecular weight is 765 g/mol. The van der Waals surface area contributed by atoms with Gasteiger partial charge in [0.1, 0.15) is 27.5 Å². The fourth-order valence-corrected chi connectivity index (χ4v) is 8.82. The Morgan fingerprint density at radius 2 is 1.34 bits per heavy atom. The smallest absolute Gasteiger partial charge is 0.227 e. The van der Waals surface area contributed by atoms with Gasteiger partial charge in [0.2, 0.25) is 11.2 Å². The van der Waals surface area contributed by atoms with Crippen molar-refractivity contribution in [3.63, 3.8) is 0 Å². The lowest BCUT2D eigenvalue weighted by atomic mass is 10.1. The van der Waals surface area contributed by atoms with Crippen molar-refractivity contribution in [2.45, 2.75) is 62.4 Å². The van der Waals surface area contributed by atoms with E-state index in [0.29, 0.717) is 62.3 Å². The molecule has 0 spiro atoms. The Morgan fingerprint density at radius 1 is 0.820 bits per heavy atom. The second-order valence-electron chi connectivity index (χ2n) is 13.0. The second-order valence-corrected chi connectivity index (χ2v) is 16.7. The number of nitrogens with one attached hydrogen (secondary N) is 2. The number of nitriles is 1. The Hall–Kier alpha value is -3.13. The molecule has 1 fully saturated rings. The molecule has 0 bridgehead atoms. The summed E-state index contributed by atoms with van der Waals surface area (Å²) in [6.07, 6.45) is 1.32. The highest BCUT2D eigenvalue weighted by molar-refractivity contribution is 7.85. The van der Waals surface area contributed by atoms with Gasteiger partial charge < -0.3 is 30.6 Å². The molecule has 4 N–H and O–H groups in total. The minimum absolute atomic E-state index is 0.0132. The summed E-state index contributed by atoms with van der Waals surface area (Å²) >= 11 is 11.9. The summed E-state index contributed by atoms with van der Waals surface area (Å²) in [4.78, 5) is 23.4. The van der Waals surface area contributed by atoms with Crippen LogP contribution in [0.1, 0.15) is 44.6 Å². The van der Waals surface area contributed by atoms with Crippen LogP contribution in [0.2, 0.25) is 10.3 Å². The molecule has 1 saturated heterocycles. The fraction of sp³-hybridized carbons (Fsp3) is 0.545. The summed E-state index contributed by atoms with van der Waals surface area (Å²) in [6, 6.07) is 7.34. The number of rotatable bonds is 10. The highest BCUT2D eigenvalue weighted by Gasteiger charge is 2.30. The maximum Gasteiger partial charge on any atom is 0.227 e. The molecule has 4 unspecified atom stereocenters. The van der Waals surface area contributed by atoms with Gasteiger partial charge in [-0.05, 0) is 41.6 Å². The van der Waals surface area contributed by atoms with Gasteiger partial charge in [-0.1, -0.05) is 39.3 Å². The Morgan fingerprint density at radius 3 is 1.86 bits per heavy atom. The van der Waals surface area contributed by atoms with E-state index in [9.17, 15) is 23.9 Å². The predicted octanol–water partition coefficient (Wildman–Crippen LogP) is 3.64. The minimum Gasteiger partial charge on any atom is -0.394 e. The van der Waals surface area contributed by atoms with Crippen LogP contribution in [0, 0.1) is 23.2 Å². The second kappa shape index (κ2) is 16.9. The summed E-state index contributed by atoms with van der Waals surface area (Å²) in [7, 11) is -2.20. The summed E-state index contributed by atoms with van der Waals surface area (Å²) in [5.74, 6) is 3.24. The van der Waals surface area contributed by atoms with Crippen LogP contribution in [-0.4, -0.2) is 102 Å². The Balaban J connectivity index is 0.000000228. The number of hydrogen-bond donors (Lipinski definition) is 4. The van der Waals surface area contributed by atoms with Crippen LogP contribution in [0.25, 0.3) is 0 Å². The summed E-state index contributed by atoms with van der Waals surface area (Å²) in [5.41, 5.74) is 3.02. The lowest BCUT2D eigenvalue weighted by molar-refractivity contribution is 0.248. The van der Waals surface area contributed by atoms with Gasteiger partial charge in [0.15, 0.2) is 0 Å². The molecule has 50 heavy (non-hydrogen) atoms. The maximum atomic E-state index is 12.6. The van der Waals surface area contributed by atoms with E-state index in [1.165, 1.54) is 0 Å². The van der Waals surface area contributed by atoms with Crippen LogP contribution in [0.5, 0.6) is 0 Å². The van der Waals surface area contributed by atoms with E-state index in [0.717, 1.165) is 43.3 Å². The Bertz CT molecular complexity index is 1780. The van der Waals surface area contributed by atoms with Crippen molar-refractivity contribution in [1.29, 1.82) is 5.26 Å². The van der Waals surface area contributed by atoms with Gasteiger partial charge in [0.05, 0.1) is 68.9 Å². The number of piperazine rings is 1. The zero-order valence-corrected chi connectivity index (χ0v) is 31.7. The van der Waals surface area contributed by atoms with Crippen LogP contribution in [0.4, 0.5) is 23.3 Å². The molecule has 270 valence electrons. The van der Waals surface area contributed by atoms with E-state index in [1.54, 1.807) is 6.07 Å². The van der Waals surface area contributed by atoms with Crippen molar-refractivity contribution in [2.24, 2.45) is 11.8 Å². The van der Waals surface area contributed by atoms with Crippen LogP contribution >= 0.6 is 23.2 Å². The molecule has 13 nitrogen and oxygen atoms in total. The van der Waals surface area contributed by atoms with Gasteiger partial charge in [-0.2, -0.15) is 15.2 Å². The third-order valence-electron chi connectivity index (χ3n) is 8.98. The molecule has 0 radical (unpaired) electrons. The molecule has 3 aromatic rings. The highest BCUT2D eigenvalue weighted by Crippen LogP contribution is 2.32. The zero-order chi connectivity index (χ0) is 36.1. The molecular weight excluding hydrogens is 721 g/mol. The number of nitrogens with zero attached hydrogens (tertiary/aromatic N) is 7. The highest BCUT2D eigenvalue weighted by atomic mass is 35.5. The number of aromatic nitrogens is 4. The van der Waals surface area contributed by atoms with Crippen molar-refractivity contribution < 1.29 is 18.6 Å². The molecular formula is C33H43Cl2N9O4S2. The summed E-state index contributed by atoms with van der Waals surface area (Å²) < 4.78 is 24.5. The maximum absolute atomic E-state index is 12.6. The molecule has 3 aliphatic heterocycles. The molecule has 4 atom stereocenters. The van der Waals surface area contributed by atoms with Crippen LogP contribution in [-0.2, 0) is 34.4 Å². The van der Waals surface area contributed by atoms with Gasteiger partial charge in [-0.25, -0.2) is 9.97 Å². The third-order valence-corrected chi connectivity index (χ3v) is 12.4. The number of hydrogen-bond acceptors (Lipinski definition) is 13. The Kier molecular flexibility index (Phi) is 12.9. The van der Waals surface area contributed by atoms with Crippen molar-refractivity contribution in [2.75, 3.05) is 71.3 Å². The number of aliphatic hydroxyl groups excluding tert-OH is 2. The molecule has 0 saturated carbocycles. The Labute approximate surface area is 307 Å². The largest absolute Gasteiger partial charge is 0.394 e. The zero-order valence-electron chi connectivity index (χ0n) is 28.5. The van der Waals surface area contributed by atoms with Crippen LogP contribution in [0.3, 0.4) is 0 Å². The number of aliphatic hydroxyl groups is 2. The normalized spacial score (nSPS) is 19.4. The first-order valence-corrected chi connectivity index (χ1v) is 20.0. The fourth-order valence-electron chi connectivity index (χ4n) is 5.85. The SMILES string of the molecule is CC(C)C(CO)Nc1nc(Cl)nc2c1S(=O)CC2.CC(C)C(CO)Nc1nc(N2CCN(c3ccc(Cl)c(C#N)c3)CC2)nc2c1S(=O)CC2. The van der Waals surface area contributed by atoms with Crippen molar-refractivity contribution in [3.05, 3.63) is 45.5 Å². The molecule has 3 aliphatic rings. The average Bonchev–Trinajstić information content (AvgIpc) is 3.67. The molecule has 0 amide bonds. The van der Waals surface area contributed by atoms with Crippen molar-refractivity contribution >= 4 is 68.1 Å². The van der Waals surface area contributed by atoms with Gasteiger partial charge in [0.25, 0.3) is 0 Å². The number of aryl methyl sites for hydroxylation is 2. The van der Waals surface area contributed by atoms with Crippen molar-refractivity contribution in [1.82, 2.24) is 19.9 Å². The van der Waals surface area contributed by atoms with Crippen molar-refractivity contribution in [3.8, 4) is 6.07 Å². The lowest BCUT2D eigenvalue weighted by Crippen LogP contribution is -2.47. The molecule has 2 aromatic heterocycles. The van der Waals surface area contributed by atoms with E-state index < -0.39 is 21.6 Å². The summed E-state index contributed by atoms with van der Waals surface area (Å²) in [5, 5.41) is 35.4. The van der Waals surface area contributed by atoms with Gasteiger partial charge in [-0.3, -0.25) is 8.42 Å². The number of benzene rings is 1. The van der Waals surface area contributed by atoms with E-state index in [1.807, 2.05) is 39.8 Å². The molecule has 6 rings (SSSR count). The topological polar surface area (TPSA) is 180 Å². The van der Waals surface area contributed by atoms with Gasteiger partial charge >= 0.3 is 0 Å². The van der Waals surface area contributed by atoms with Crippen LogP contribution < -0.4 is 20.4 Å². The third kappa shape index (κ3) is 8.66. The number of halogens is 2. The van der Waals surface area contributed by atoms with E-state index >= 15 is 0 Å². The first-order chi connectivity index (χ1) is 23.9. The van der Waals surface area contributed by atoms with Gasteiger partial charge in [0, 0.05) is 56.2 Å². The molecule has 17 heteroatoms. The molecule has 5 heterocycles. The van der Waals surface area contributed by atoms with E-state index in [4.69, 9.17) is 33.2 Å². The predicted molar refractivity (Wildman–Crippen MR) is 198 cm³/mol. The molecule has 0 aliphatic carbocycles. The van der Waals surface area contributed by atoms with E-state index in [2.05, 4.69) is 36.5 Å². The summed E-state index contributed by atoms with van der Waals surface area (Å²) in [6.45, 7) is 11.0. The van der Waals surface area contributed by atoms with Gasteiger partial charge in [-0.15, -0.1) is 0 Å². The first kappa shape index (κ1) is 38.1. The van der Waals surface area contributed by atoms with E-state index in [-0.39, 0.29) is 42.4 Å². The molecule has 1 aromatic carbocycles. The number of anilines is 4.